The third-order valence-electron chi connectivity index (χ3n) is 3.69. The van der Waals surface area contributed by atoms with Crippen LogP contribution in [0, 0.1) is 0 Å². The first-order valence-corrected chi connectivity index (χ1v) is 8.30. The Hall–Kier alpha value is -3.26. The minimum atomic E-state index is -4.54. The highest BCUT2D eigenvalue weighted by Crippen LogP contribution is 2.30. The van der Waals surface area contributed by atoms with Crippen LogP contribution in [0.4, 0.5) is 30.2 Å². The lowest BCUT2D eigenvalue weighted by Crippen LogP contribution is -2.12. The van der Waals surface area contributed by atoms with Crippen molar-refractivity contribution in [2.75, 3.05) is 10.6 Å². The molecule has 5 nitrogen and oxygen atoms in total. The lowest BCUT2D eigenvalue weighted by Gasteiger charge is -2.11. The van der Waals surface area contributed by atoms with Crippen molar-refractivity contribution in [3.63, 3.8) is 0 Å². The van der Waals surface area contributed by atoms with E-state index >= 15 is 0 Å². The van der Waals surface area contributed by atoms with Gasteiger partial charge in [0, 0.05) is 28.2 Å². The van der Waals surface area contributed by atoms with E-state index in [0.29, 0.717) is 10.7 Å². The number of rotatable bonds is 4. The van der Waals surface area contributed by atoms with Crippen molar-refractivity contribution in [3.8, 4) is 5.75 Å². The number of halogens is 4. The number of aromatic nitrogens is 1. The Morgan fingerprint density at radius 1 is 1.00 bits per heavy atom. The molecule has 3 aromatic rings. The molecule has 0 saturated heterocycles. The Morgan fingerprint density at radius 2 is 1.71 bits per heavy atom. The molecule has 3 rings (SSSR count). The highest BCUT2D eigenvalue weighted by atomic mass is 35.5. The maximum atomic E-state index is 12.7. The number of hydrogen-bond donors (Lipinski definition) is 3. The molecule has 144 valence electrons. The number of benzene rings is 2. The third kappa shape index (κ3) is 4.72. The summed E-state index contributed by atoms with van der Waals surface area (Å²) in [6, 6.07) is 12.6. The lowest BCUT2D eigenvalue weighted by atomic mass is 10.1. The molecule has 1 amide bonds. The number of hydrogen-bond acceptors (Lipinski definition) is 4. The van der Waals surface area contributed by atoms with Crippen molar-refractivity contribution in [2.45, 2.75) is 6.18 Å². The minimum absolute atomic E-state index is 0.130. The van der Waals surface area contributed by atoms with Gasteiger partial charge in [0.25, 0.3) is 5.91 Å². The zero-order valence-electron chi connectivity index (χ0n) is 14.1. The van der Waals surface area contributed by atoms with E-state index in [9.17, 15) is 23.1 Å². The van der Waals surface area contributed by atoms with Crippen LogP contribution in [0.1, 0.15) is 16.1 Å². The summed E-state index contributed by atoms with van der Waals surface area (Å²) in [6.45, 7) is 0. The van der Waals surface area contributed by atoms with Gasteiger partial charge in [-0.15, -0.1) is 0 Å². The molecule has 0 spiro atoms. The standard InChI is InChI=1S/C19H13ClF3N3O2/c20-12-3-6-16(27)15(9-12)26-18(28)11-1-4-13(5-2-11)25-14-7-8-24-17(10-14)19(21,22)23/h1-10,27H,(H,24,25)(H,26,28). The number of alkyl halides is 3. The summed E-state index contributed by atoms with van der Waals surface area (Å²) in [7, 11) is 0. The van der Waals surface area contributed by atoms with E-state index in [1.165, 1.54) is 36.4 Å². The number of phenolic OH excluding ortho intramolecular Hbond substituents is 1. The quantitative estimate of drug-likeness (QED) is 0.502. The fourth-order valence-electron chi connectivity index (χ4n) is 2.34. The first-order valence-electron chi connectivity index (χ1n) is 7.92. The highest BCUT2D eigenvalue weighted by molar-refractivity contribution is 6.31. The summed E-state index contributed by atoms with van der Waals surface area (Å²) in [5.74, 6) is -0.610. The Kier molecular flexibility index (Phi) is 5.41. The normalized spacial score (nSPS) is 11.1. The van der Waals surface area contributed by atoms with Gasteiger partial charge in [-0.3, -0.25) is 9.78 Å². The van der Waals surface area contributed by atoms with Crippen molar-refractivity contribution < 1.29 is 23.1 Å². The molecule has 0 aliphatic carbocycles. The van der Waals surface area contributed by atoms with Crippen LogP contribution < -0.4 is 10.6 Å². The monoisotopic (exact) mass is 407 g/mol. The maximum Gasteiger partial charge on any atom is 0.433 e. The zero-order chi connectivity index (χ0) is 20.3. The van der Waals surface area contributed by atoms with Crippen LogP contribution in [0.3, 0.4) is 0 Å². The van der Waals surface area contributed by atoms with Gasteiger partial charge in [0.1, 0.15) is 11.4 Å². The number of aromatic hydroxyl groups is 1. The number of phenols is 1. The van der Waals surface area contributed by atoms with E-state index < -0.39 is 17.8 Å². The lowest BCUT2D eigenvalue weighted by molar-refractivity contribution is -0.141. The van der Waals surface area contributed by atoms with Crippen molar-refractivity contribution in [2.24, 2.45) is 0 Å². The van der Waals surface area contributed by atoms with Crippen molar-refractivity contribution in [3.05, 3.63) is 77.1 Å². The molecule has 0 radical (unpaired) electrons. The van der Waals surface area contributed by atoms with Gasteiger partial charge in [-0.2, -0.15) is 13.2 Å². The van der Waals surface area contributed by atoms with Crippen molar-refractivity contribution in [1.29, 1.82) is 0 Å². The van der Waals surface area contributed by atoms with Crippen LogP contribution in [0.15, 0.2) is 60.8 Å². The number of carbonyl (C=O) groups excluding carboxylic acids is 1. The fraction of sp³-hybridized carbons (Fsp3) is 0.0526. The molecular weight excluding hydrogens is 395 g/mol. The first-order chi connectivity index (χ1) is 13.2. The molecule has 2 aromatic carbocycles. The topological polar surface area (TPSA) is 74.2 Å². The molecule has 1 aromatic heterocycles. The van der Waals surface area contributed by atoms with Gasteiger partial charge in [-0.1, -0.05) is 11.6 Å². The molecule has 0 saturated carbocycles. The number of amides is 1. The van der Waals surface area contributed by atoms with Gasteiger partial charge in [-0.05, 0) is 54.6 Å². The predicted octanol–water partition coefficient (Wildman–Crippen LogP) is 5.46. The molecule has 0 bridgehead atoms. The molecule has 28 heavy (non-hydrogen) atoms. The molecule has 3 N–H and O–H groups in total. The highest BCUT2D eigenvalue weighted by Gasteiger charge is 2.32. The van der Waals surface area contributed by atoms with Gasteiger partial charge in [0.15, 0.2) is 0 Å². The van der Waals surface area contributed by atoms with E-state index in [1.807, 2.05) is 0 Å². The minimum Gasteiger partial charge on any atom is -0.506 e. The number of nitrogens with zero attached hydrogens (tertiary/aromatic N) is 1. The summed E-state index contributed by atoms with van der Waals surface area (Å²) in [6.07, 6.45) is -3.48. The van der Waals surface area contributed by atoms with E-state index in [0.717, 1.165) is 12.3 Å². The average molecular weight is 408 g/mol. The second-order valence-corrected chi connectivity index (χ2v) is 6.18. The van der Waals surface area contributed by atoms with Crippen molar-refractivity contribution in [1.82, 2.24) is 4.98 Å². The molecule has 9 heteroatoms. The second kappa shape index (κ2) is 7.77. The first kappa shape index (κ1) is 19.5. The van der Waals surface area contributed by atoms with E-state index in [4.69, 9.17) is 11.6 Å². The Morgan fingerprint density at radius 3 is 2.39 bits per heavy atom. The van der Waals surface area contributed by atoms with Crippen LogP contribution in [-0.4, -0.2) is 16.0 Å². The number of nitrogens with one attached hydrogen (secondary N) is 2. The summed E-state index contributed by atoms with van der Waals surface area (Å²) in [5.41, 5.74) is 0.145. The number of pyridine rings is 1. The summed E-state index contributed by atoms with van der Waals surface area (Å²) in [4.78, 5) is 15.6. The van der Waals surface area contributed by atoms with Gasteiger partial charge in [0.05, 0.1) is 5.69 Å². The van der Waals surface area contributed by atoms with Crippen molar-refractivity contribution >= 4 is 34.6 Å². The zero-order valence-corrected chi connectivity index (χ0v) is 14.8. The van der Waals surface area contributed by atoms with Crippen LogP contribution >= 0.6 is 11.6 Å². The van der Waals surface area contributed by atoms with Crippen LogP contribution in [-0.2, 0) is 6.18 Å². The van der Waals surface area contributed by atoms with Crippen LogP contribution in [0.2, 0.25) is 5.02 Å². The Balaban J connectivity index is 1.71. The predicted molar refractivity (Wildman–Crippen MR) is 100 cm³/mol. The summed E-state index contributed by atoms with van der Waals surface area (Å²) < 4.78 is 38.2. The molecule has 0 fully saturated rings. The van der Waals surface area contributed by atoms with Crippen LogP contribution in [0.25, 0.3) is 0 Å². The second-order valence-electron chi connectivity index (χ2n) is 5.75. The molecular formula is C19H13ClF3N3O2. The van der Waals surface area contributed by atoms with E-state index in [-0.39, 0.29) is 22.7 Å². The average Bonchev–Trinajstić information content (AvgIpc) is 2.65. The summed E-state index contributed by atoms with van der Waals surface area (Å²) in [5, 5.41) is 15.5. The maximum absolute atomic E-state index is 12.7. The molecule has 0 unspecified atom stereocenters. The van der Waals surface area contributed by atoms with Gasteiger partial charge in [-0.25, -0.2) is 0 Å². The van der Waals surface area contributed by atoms with Crippen LogP contribution in [0.5, 0.6) is 5.75 Å². The third-order valence-corrected chi connectivity index (χ3v) is 3.93. The smallest absolute Gasteiger partial charge is 0.433 e. The summed E-state index contributed by atoms with van der Waals surface area (Å²) >= 11 is 5.84. The van der Waals surface area contributed by atoms with Gasteiger partial charge < -0.3 is 15.7 Å². The van der Waals surface area contributed by atoms with Gasteiger partial charge in [0.2, 0.25) is 0 Å². The number of anilines is 3. The van der Waals surface area contributed by atoms with Gasteiger partial charge >= 0.3 is 6.18 Å². The Labute approximate surface area is 162 Å². The largest absolute Gasteiger partial charge is 0.506 e. The molecule has 1 heterocycles. The number of carbonyl (C=O) groups is 1. The molecule has 0 atom stereocenters. The fourth-order valence-corrected chi connectivity index (χ4v) is 2.51. The Bertz CT molecular complexity index is 1010. The van der Waals surface area contributed by atoms with E-state index in [2.05, 4.69) is 15.6 Å². The SMILES string of the molecule is O=C(Nc1cc(Cl)ccc1O)c1ccc(Nc2ccnc(C(F)(F)F)c2)cc1. The molecule has 0 aliphatic rings. The van der Waals surface area contributed by atoms with E-state index in [1.54, 1.807) is 12.1 Å². The molecule has 0 aliphatic heterocycles.